The molecule has 0 unspecified atom stereocenters. The molecule has 2 saturated heterocycles. The first-order valence-electron chi connectivity index (χ1n) is 12.6. The SMILES string of the molecule is C[C@@H]1CN(Cc2ccc(/C=C/C(=O)NO)cc2)C[C@H](C)N1Cc1cccc(CN2CCOCC2)c1. The lowest BCUT2D eigenvalue weighted by Gasteiger charge is -2.44. The van der Waals surface area contributed by atoms with Crippen molar-refractivity contribution in [1.82, 2.24) is 20.2 Å². The van der Waals surface area contributed by atoms with Crippen LogP contribution in [0.15, 0.2) is 54.6 Å². The normalized spacial score (nSPS) is 22.5. The van der Waals surface area contributed by atoms with Gasteiger partial charge in [0.2, 0.25) is 0 Å². The molecular weight excluding hydrogens is 440 g/mol. The van der Waals surface area contributed by atoms with E-state index in [1.165, 1.54) is 22.8 Å². The van der Waals surface area contributed by atoms with Crippen LogP contribution >= 0.6 is 0 Å². The Balaban J connectivity index is 1.30. The second kappa shape index (κ2) is 12.4. The van der Waals surface area contributed by atoms with Crippen LogP contribution in [0.4, 0.5) is 0 Å². The first kappa shape index (κ1) is 25.5. The summed E-state index contributed by atoms with van der Waals surface area (Å²) in [5, 5.41) is 8.59. The van der Waals surface area contributed by atoms with Crippen molar-refractivity contribution in [2.24, 2.45) is 0 Å². The van der Waals surface area contributed by atoms with Crippen LogP contribution in [0, 0.1) is 0 Å². The molecule has 0 bridgehead atoms. The fourth-order valence-corrected chi connectivity index (χ4v) is 5.16. The highest BCUT2D eigenvalue weighted by molar-refractivity contribution is 5.90. The number of morpholine rings is 1. The molecule has 7 heteroatoms. The van der Waals surface area contributed by atoms with Crippen molar-refractivity contribution in [2.45, 2.75) is 45.6 Å². The summed E-state index contributed by atoms with van der Waals surface area (Å²) in [5.74, 6) is -0.529. The van der Waals surface area contributed by atoms with Gasteiger partial charge >= 0.3 is 0 Å². The van der Waals surface area contributed by atoms with E-state index in [2.05, 4.69) is 64.9 Å². The molecule has 0 radical (unpaired) electrons. The summed E-state index contributed by atoms with van der Waals surface area (Å²) in [6, 6.07) is 18.2. The minimum Gasteiger partial charge on any atom is -0.379 e. The average molecular weight is 479 g/mol. The Kier molecular flexibility index (Phi) is 9.06. The Bertz CT molecular complexity index is 976. The summed E-state index contributed by atoms with van der Waals surface area (Å²) in [5.41, 5.74) is 6.57. The predicted molar refractivity (Wildman–Crippen MR) is 138 cm³/mol. The Labute approximate surface area is 208 Å². The number of amides is 1. The smallest absolute Gasteiger partial charge is 0.267 e. The molecule has 2 heterocycles. The van der Waals surface area contributed by atoms with Crippen LogP contribution < -0.4 is 5.48 Å². The first-order valence-corrected chi connectivity index (χ1v) is 12.6. The van der Waals surface area contributed by atoms with Crippen molar-refractivity contribution in [3.63, 3.8) is 0 Å². The Morgan fingerprint density at radius 1 is 0.943 bits per heavy atom. The minimum absolute atomic E-state index is 0.473. The van der Waals surface area contributed by atoms with E-state index in [9.17, 15) is 4.79 Å². The van der Waals surface area contributed by atoms with Crippen molar-refractivity contribution in [3.8, 4) is 0 Å². The third kappa shape index (κ3) is 7.46. The van der Waals surface area contributed by atoms with Gasteiger partial charge in [-0.05, 0) is 42.2 Å². The molecule has 0 aromatic heterocycles. The predicted octanol–water partition coefficient (Wildman–Crippen LogP) is 3.13. The van der Waals surface area contributed by atoms with Crippen molar-refractivity contribution >= 4 is 12.0 Å². The Morgan fingerprint density at radius 3 is 2.23 bits per heavy atom. The van der Waals surface area contributed by atoms with Crippen LogP contribution in [0.2, 0.25) is 0 Å². The maximum atomic E-state index is 11.2. The molecule has 2 fully saturated rings. The maximum Gasteiger partial charge on any atom is 0.267 e. The fourth-order valence-electron chi connectivity index (χ4n) is 5.16. The van der Waals surface area contributed by atoms with Gasteiger partial charge in [-0.1, -0.05) is 48.5 Å². The third-order valence-corrected chi connectivity index (χ3v) is 6.97. The molecule has 2 atom stereocenters. The van der Waals surface area contributed by atoms with Crippen molar-refractivity contribution in [1.29, 1.82) is 0 Å². The molecule has 2 aromatic rings. The number of ether oxygens (including phenoxy) is 1. The molecule has 0 saturated carbocycles. The van der Waals surface area contributed by atoms with Gasteiger partial charge in [0.05, 0.1) is 13.2 Å². The maximum absolute atomic E-state index is 11.2. The van der Waals surface area contributed by atoms with Crippen molar-refractivity contribution in [2.75, 3.05) is 39.4 Å². The molecule has 2 aliphatic rings. The van der Waals surface area contributed by atoms with Crippen LogP contribution in [-0.4, -0.2) is 77.3 Å². The second-order valence-electron chi connectivity index (χ2n) is 9.82. The van der Waals surface area contributed by atoms with Crippen LogP contribution in [0.1, 0.15) is 36.1 Å². The van der Waals surface area contributed by atoms with E-state index in [0.29, 0.717) is 12.1 Å². The summed E-state index contributed by atoms with van der Waals surface area (Å²) >= 11 is 0. The van der Waals surface area contributed by atoms with Gasteiger partial charge in [0.15, 0.2) is 0 Å². The van der Waals surface area contributed by atoms with Crippen molar-refractivity contribution in [3.05, 3.63) is 76.9 Å². The fraction of sp³-hybridized carbons (Fsp3) is 0.464. The number of nitrogens with one attached hydrogen (secondary N) is 1. The summed E-state index contributed by atoms with van der Waals surface area (Å²) in [7, 11) is 0. The molecule has 4 rings (SSSR count). The van der Waals surface area contributed by atoms with Crippen LogP contribution in [-0.2, 0) is 29.2 Å². The minimum atomic E-state index is -0.529. The van der Waals surface area contributed by atoms with Gasteiger partial charge < -0.3 is 4.74 Å². The zero-order chi connectivity index (χ0) is 24.6. The van der Waals surface area contributed by atoms with Gasteiger partial charge in [-0.2, -0.15) is 0 Å². The highest BCUT2D eigenvalue weighted by Crippen LogP contribution is 2.22. The van der Waals surface area contributed by atoms with E-state index in [-0.39, 0.29) is 0 Å². The average Bonchev–Trinajstić information content (AvgIpc) is 2.86. The lowest BCUT2D eigenvalue weighted by atomic mass is 10.0. The molecule has 1 amide bonds. The molecule has 0 aliphatic carbocycles. The number of nitrogens with zero attached hydrogens (tertiary/aromatic N) is 3. The molecule has 0 spiro atoms. The van der Waals surface area contributed by atoms with Crippen LogP contribution in [0.5, 0.6) is 0 Å². The quantitative estimate of drug-likeness (QED) is 0.345. The number of hydrogen-bond donors (Lipinski definition) is 2. The molecule has 2 aliphatic heterocycles. The summed E-state index contributed by atoms with van der Waals surface area (Å²) in [4.78, 5) is 18.8. The number of piperazine rings is 1. The van der Waals surface area contributed by atoms with Gasteiger partial charge in [0.1, 0.15) is 0 Å². The largest absolute Gasteiger partial charge is 0.379 e. The Morgan fingerprint density at radius 2 is 1.57 bits per heavy atom. The second-order valence-corrected chi connectivity index (χ2v) is 9.82. The van der Waals surface area contributed by atoms with E-state index in [0.717, 1.165) is 64.6 Å². The van der Waals surface area contributed by atoms with E-state index < -0.39 is 5.91 Å². The molecule has 188 valence electrons. The molecule has 7 nitrogen and oxygen atoms in total. The molecule has 35 heavy (non-hydrogen) atoms. The monoisotopic (exact) mass is 478 g/mol. The van der Waals surface area contributed by atoms with Gasteiger partial charge in [-0.25, -0.2) is 5.48 Å². The lowest BCUT2D eigenvalue weighted by molar-refractivity contribution is -0.124. The summed E-state index contributed by atoms with van der Waals surface area (Å²) in [6.07, 6.45) is 3.00. The number of hydrogen-bond acceptors (Lipinski definition) is 6. The van der Waals surface area contributed by atoms with Crippen LogP contribution in [0.25, 0.3) is 6.08 Å². The zero-order valence-electron chi connectivity index (χ0n) is 20.9. The molecule has 2 aromatic carbocycles. The Hall–Kier alpha value is -2.55. The molecule has 2 N–H and O–H groups in total. The van der Waals surface area contributed by atoms with Crippen molar-refractivity contribution < 1.29 is 14.7 Å². The van der Waals surface area contributed by atoms with E-state index in [4.69, 9.17) is 9.94 Å². The van der Waals surface area contributed by atoms with E-state index in [1.807, 2.05) is 12.1 Å². The van der Waals surface area contributed by atoms with E-state index >= 15 is 0 Å². The summed E-state index contributed by atoms with van der Waals surface area (Å²) in [6.45, 7) is 13.3. The number of hydroxylamine groups is 1. The number of benzene rings is 2. The highest BCUT2D eigenvalue weighted by Gasteiger charge is 2.29. The van der Waals surface area contributed by atoms with Gasteiger partial charge in [0.25, 0.3) is 5.91 Å². The van der Waals surface area contributed by atoms with Gasteiger partial charge in [-0.3, -0.25) is 24.7 Å². The van der Waals surface area contributed by atoms with Crippen LogP contribution in [0.3, 0.4) is 0 Å². The molecular formula is C28H38N4O3. The topological polar surface area (TPSA) is 68.3 Å². The van der Waals surface area contributed by atoms with E-state index in [1.54, 1.807) is 11.6 Å². The number of rotatable bonds is 8. The summed E-state index contributed by atoms with van der Waals surface area (Å²) < 4.78 is 5.48. The first-order chi connectivity index (χ1) is 17.0. The number of carbonyl (C=O) groups is 1. The third-order valence-electron chi connectivity index (χ3n) is 6.97. The van der Waals surface area contributed by atoms with Gasteiger partial charge in [-0.15, -0.1) is 0 Å². The highest BCUT2D eigenvalue weighted by atomic mass is 16.5. The standard InChI is InChI=1S/C28H38N4O3/c1-22-17-31(19-25-8-6-24(7-9-25)10-11-28(33)29-34)18-23(2)32(22)21-27-5-3-4-26(16-27)20-30-12-14-35-15-13-30/h3-11,16,22-23,34H,12-15,17-21H2,1-2H3,(H,29,33)/b11-10+/t22-,23+. The number of carbonyl (C=O) groups excluding carboxylic acids is 1. The lowest BCUT2D eigenvalue weighted by Crippen LogP contribution is -2.55. The van der Waals surface area contributed by atoms with Gasteiger partial charge in [0, 0.05) is 64.0 Å². The zero-order valence-corrected chi connectivity index (χ0v) is 20.9.